The predicted molar refractivity (Wildman–Crippen MR) is 287 cm³/mol. The molecule has 4 heterocycles. The molecule has 3 aliphatic heterocycles. The van der Waals surface area contributed by atoms with E-state index in [2.05, 4.69) is 20.9 Å². The number of halogens is 1. The number of hydrogen-bond acceptors (Lipinski definition) is 15. The lowest BCUT2D eigenvalue weighted by Gasteiger charge is -2.32. The van der Waals surface area contributed by atoms with Crippen LogP contribution >= 0.6 is 0 Å². The first kappa shape index (κ1) is 59.5. The van der Waals surface area contributed by atoms with Crippen molar-refractivity contribution in [2.45, 2.75) is 122 Å². The largest absolute Gasteiger partial charge is 0.480 e. The van der Waals surface area contributed by atoms with E-state index >= 15 is 4.39 Å². The van der Waals surface area contributed by atoms with Gasteiger partial charge in [0.1, 0.15) is 18.2 Å². The number of carbonyl (C=O) groups excluding carboxylic acids is 9. The van der Waals surface area contributed by atoms with E-state index in [1.165, 1.54) is 40.0 Å². The van der Waals surface area contributed by atoms with Crippen LogP contribution < -0.4 is 21.5 Å². The number of carboxylic acid groups (broad SMARTS) is 1. The van der Waals surface area contributed by atoms with Crippen LogP contribution in [-0.4, -0.2) is 135 Å². The molecule has 3 atom stereocenters. The van der Waals surface area contributed by atoms with E-state index in [0.29, 0.717) is 54.4 Å². The third-order valence-electron chi connectivity index (χ3n) is 14.9. The number of allylic oxidation sites excluding steroid dienone is 1. The van der Waals surface area contributed by atoms with Crippen LogP contribution in [0.1, 0.15) is 117 Å². The van der Waals surface area contributed by atoms with Crippen LogP contribution in [0.3, 0.4) is 0 Å². The van der Waals surface area contributed by atoms with Gasteiger partial charge in [0.15, 0.2) is 17.2 Å². The van der Waals surface area contributed by atoms with Crippen molar-refractivity contribution < 1.29 is 67.3 Å². The zero-order valence-electron chi connectivity index (χ0n) is 44.8. The molecule has 4 aliphatic rings. The van der Waals surface area contributed by atoms with Gasteiger partial charge in [-0.1, -0.05) is 49.8 Å². The third kappa shape index (κ3) is 15.0. The van der Waals surface area contributed by atoms with Gasteiger partial charge in [-0.15, -0.1) is 0 Å². The number of nitrogens with zero attached hydrogens (tertiary/aromatic N) is 4. The van der Waals surface area contributed by atoms with Crippen molar-refractivity contribution in [1.29, 1.82) is 0 Å². The second-order valence-electron chi connectivity index (χ2n) is 20.5. The van der Waals surface area contributed by atoms with Crippen molar-refractivity contribution in [3.63, 3.8) is 0 Å². The first-order chi connectivity index (χ1) is 38.3. The summed E-state index contributed by atoms with van der Waals surface area (Å²) < 4.78 is 22.1. The average molecular weight is 1100 g/mol. The Labute approximate surface area is 460 Å². The molecule has 0 bridgehead atoms. The molecule has 0 fully saturated rings. The maximum Gasteiger partial charge on any atom is 0.343 e. The number of esters is 1. The summed E-state index contributed by atoms with van der Waals surface area (Å²) in [5.41, 5.74) is 0.996. The minimum Gasteiger partial charge on any atom is -0.480 e. The zero-order chi connectivity index (χ0) is 57.7. The number of benzene rings is 2. The molecular weight excluding hydrogens is 1040 g/mol. The molecule has 7 rings (SSSR count). The summed E-state index contributed by atoms with van der Waals surface area (Å²) in [4.78, 5) is 148. The highest BCUT2D eigenvalue weighted by atomic mass is 19.1. The summed E-state index contributed by atoms with van der Waals surface area (Å²) in [6.45, 7) is 1.42. The smallest absolute Gasteiger partial charge is 0.343 e. The number of ether oxygens (including phenoxy) is 1. The monoisotopic (exact) mass is 1100 g/mol. The van der Waals surface area contributed by atoms with E-state index in [4.69, 9.17) is 4.74 Å². The summed E-state index contributed by atoms with van der Waals surface area (Å²) in [7, 11) is 0. The lowest BCUT2D eigenvalue weighted by atomic mass is 9.80. The topological polar surface area (TPSA) is 297 Å². The molecule has 0 unspecified atom stereocenters. The molecule has 22 heteroatoms. The van der Waals surface area contributed by atoms with E-state index in [1.54, 1.807) is 50.3 Å². The number of fused-ring (bicyclic) bond motifs is 2. The molecule has 0 saturated carbocycles. The van der Waals surface area contributed by atoms with E-state index in [0.717, 1.165) is 10.5 Å². The van der Waals surface area contributed by atoms with Gasteiger partial charge >= 0.3 is 11.9 Å². The molecule has 424 valence electrons. The minimum atomic E-state index is -2.06. The highest BCUT2D eigenvalue weighted by Gasteiger charge is 2.45. The number of ketones is 3. The van der Waals surface area contributed by atoms with Gasteiger partial charge in [0.05, 0.1) is 55.4 Å². The van der Waals surface area contributed by atoms with Gasteiger partial charge in [0.2, 0.25) is 17.7 Å². The predicted octanol–water partition coefficient (Wildman–Crippen LogP) is 3.15. The number of carbonyl (C=O) groups is 10. The summed E-state index contributed by atoms with van der Waals surface area (Å²) in [5, 5.41) is 29.2. The molecule has 1 aliphatic carbocycles. The SMILES string of the molecule is CC[C@@]1(O)C(=O)OCc2c1cc1n(c2=O)C/C=C2/c3c(cc(F)c(C)c3CC[C@@H]2NC(=O)CN(CCCC(=O)CNC(=O)[C@@H](CC(=O)CNC(=O)CCC(=O)CCCCCN2C(=O)C=CC2=O)Cc2ccccc2)CC(=O)O)N=C1. The van der Waals surface area contributed by atoms with Gasteiger partial charge in [-0.25, -0.2) is 9.18 Å². The Morgan fingerprint density at radius 2 is 1.59 bits per heavy atom. The summed E-state index contributed by atoms with van der Waals surface area (Å²) in [6, 6.07) is 11.0. The number of carboxylic acids is 1. The molecule has 21 nitrogen and oxygen atoms in total. The lowest BCUT2D eigenvalue weighted by Crippen LogP contribution is -2.45. The minimum absolute atomic E-state index is 0.00969. The number of pyridine rings is 1. The van der Waals surface area contributed by atoms with Gasteiger partial charge in [-0.2, -0.15) is 0 Å². The number of nitrogens with one attached hydrogen (secondary N) is 3. The number of hydrogen-bond donors (Lipinski definition) is 5. The number of aliphatic imine (C=N–C) groups is 1. The quantitative estimate of drug-likeness (QED) is 0.0397. The Morgan fingerprint density at radius 3 is 2.31 bits per heavy atom. The van der Waals surface area contributed by atoms with Crippen molar-refractivity contribution >= 4 is 76.3 Å². The Bertz CT molecular complexity index is 3100. The van der Waals surface area contributed by atoms with Crippen molar-refractivity contribution in [3.8, 4) is 0 Å². The van der Waals surface area contributed by atoms with E-state index in [-0.39, 0.29) is 137 Å². The fraction of sp³-hybridized carbons (Fsp3) is 0.448. The number of aliphatic hydroxyl groups is 1. The highest BCUT2D eigenvalue weighted by molar-refractivity contribution is 6.12. The van der Waals surface area contributed by atoms with Crippen LogP contribution in [0, 0.1) is 18.7 Å². The first-order valence-electron chi connectivity index (χ1n) is 26.9. The van der Waals surface area contributed by atoms with Crippen molar-refractivity contribution in [1.82, 2.24) is 30.3 Å². The van der Waals surface area contributed by atoms with Crippen molar-refractivity contribution in [2.24, 2.45) is 10.9 Å². The number of rotatable bonds is 28. The van der Waals surface area contributed by atoms with Crippen LogP contribution in [0.4, 0.5) is 10.1 Å². The molecule has 2 aromatic carbocycles. The number of imide groups is 1. The van der Waals surface area contributed by atoms with Gasteiger partial charge in [-0.3, -0.25) is 62.7 Å². The number of Topliss-reactive ketones (excluding diaryl/α,β-unsaturated/α-hetero) is 3. The standard InChI is InChI=1S/C58H66FN7O14/c1-3-58(79)45-27-38-29-60-48-28-46(59)35(2)42-16-17-47(43(54(42)48)21-24-65(38)56(77)44(45)34-80-57(58)78)63-50(71)32-64(33-53(74)75)22-10-14-40(68)30-62-55(76)37(25-36-11-6-4-7-12-36)26-41(69)31-61-49(70)18-15-39(67)13-8-5-9-23-66-51(72)19-20-52(66)73/h4,6-7,11-12,19-21,27-29,37,47,79H,3,5,8-10,13-18,22-26,30-34H2,1-2H3,(H,61,70)(H,62,76)(H,63,71)(H,74,75)/b43-21+,60-29?/t37-,47+,58+/m1/s1. The average Bonchev–Trinajstić information content (AvgIpc) is 3.90. The van der Waals surface area contributed by atoms with Gasteiger partial charge < -0.3 is 35.5 Å². The van der Waals surface area contributed by atoms with Crippen molar-refractivity contribution in [2.75, 3.05) is 39.3 Å². The van der Waals surface area contributed by atoms with E-state index in [9.17, 15) is 63.0 Å². The molecule has 5 amide bonds. The second-order valence-corrected chi connectivity index (χ2v) is 20.5. The Balaban J connectivity index is 0.901. The normalized spacial score (nSPS) is 18.1. The maximum atomic E-state index is 15.5. The highest BCUT2D eigenvalue weighted by Crippen LogP contribution is 2.41. The number of amides is 5. The Kier molecular flexibility index (Phi) is 20.2. The molecule has 0 radical (unpaired) electrons. The van der Waals surface area contributed by atoms with E-state index in [1.807, 2.05) is 0 Å². The molecule has 3 aromatic rings. The first-order valence-corrected chi connectivity index (χ1v) is 26.9. The molecule has 80 heavy (non-hydrogen) atoms. The molecule has 0 saturated heterocycles. The van der Waals surface area contributed by atoms with Crippen LogP contribution in [0.5, 0.6) is 0 Å². The summed E-state index contributed by atoms with van der Waals surface area (Å²) in [5.74, 6) is -6.85. The van der Waals surface area contributed by atoms with Gasteiger partial charge in [-0.05, 0) is 86.7 Å². The molecular formula is C58H66FN7O14. The number of aromatic nitrogens is 1. The Hall–Kier alpha value is -8.11. The Morgan fingerprint density at radius 1 is 0.863 bits per heavy atom. The fourth-order valence-corrected chi connectivity index (χ4v) is 10.4. The number of unbranched alkanes of at least 4 members (excludes halogenated alkanes) is 2. The number of cyclic esters (lactones) is 1. The maximum absolute atomic E-state index is 15.5. The van der Waals surface area contributed by atoms with E-state index < -0.39 is 76.7 Å². The third-order valence-corrected chi connectivity index (χ3v) is 14.9. The zero-order valence-corrected chi connectivity index (χ0v) is 44.8. The fourth-order valence-electron chi connectivity index (χ4n) is 10.4. The van der Waals surface area contributed by atoms with Gasteiger partial charge in [0.25, 0.3) is 17.4 Å². The molecule has 1 aromatic heterocycles. The van der Waals surface area contributed by atoms with Crippen molar-refractivity contribution in [3.05, 3.63) is 116 Å². The summed E-state index contributed by atoms with van der Waals surface area (Å²) >= 11 is 0. The van der Waals surface area contributed by atoms with Crippen LogP contribution in [0.2, 0.25) is 0 Å². The molecule has 5 N–H and O–H groups in total. The lowest BCUT2D eigenvalue weighted by molar-refractivity contribution is -0.172. The van der Waals surface area contributed by atoms with Crippen LogP contribution in [0.25, 0.3) is 5.57 Å². The number of aliphatic carboxylic acids is 1. The molecule has 0 spiro atoms. The summed E-state index contributed by atoms with van der Waals surface area (Å²) in [6.07, 6.45) is 7.80. The second kappa shape index (κ2) is 27.2. The van der Waals surface area contributed by atoms with Gasteiger partial charge in [0, 0.05) is 80.5 Å². The van der Waals surface area contributed by atoms with Crippen LogP contribution in [-0.2, 0) is 84.3 Å². The van der Waals surface area contributed by atoms with Crippen LogP contribution in [0.15, 0.2) is 70.5 Å².